The number of hydrogen-bond donors (Lipinski definition) is 1. The maximum absolute atomic E-state index is 12.8. The molecule has 0 aliphatic carbocycles. The Balaban J connectivity index is 1.81. The predicted molar refractivity (Wildman–Crippen MR) is 86.1 cm³/mol. The van der Waals surface area contributed by atoms with Gasteiger partial charge in [0.15, 0.2) is 0 Å². The number of fused-ring (bicyclic) bond motifs is 3. The molecule has 0 saturated carbocycles. The number of aliphatic hydroxyl groups is 1. The third kappa shape index (κ3) is 2.11. The Morgan fingerprint density at radius 1 is 1.10 bits per heavy atom. The number of piperidine rings is 3. The fourth-order valence-electron chi connectivity index (χ4n) is 4.10. The van der Waals surface area contributed by atoms with Crippen molar-refractivity contribution < 1.29 is 9.75 Å². The van der Waals surface area contributed by atoms with Gasteiger partial charge in [-0.25, -0.2) is 0 Å². The number of hydrogen-bond acceptors (Lipinski definition) is 4. The molecule has 5 rings (SSSR count). The van der Waals surface area contributed by atoms with Gasteiger partial charge in [0.05, 0.1) is 25.6 Å². The van der Waals surface area contributed by atoms with Crippen LogP contribution in [0.3, 0.4) is 0 Å². The van der Waals surface area contributed by atoms with E-state index >= 15 is 0 Å². The molecule has 3 aliphatic rings. The second kappa shape index (κ2) is 4.89. The molecule has 2 aromatic rings. The SMILES string of the molecule is [O-][N+]12CCC(CC1)C(C(O)(c1cccs1)c1cccs1)C2. The zero-order chi connectivity index (χ0) is 14.5. The van der Waals surface area contributed by atoms with Crippen molar-refractivity contribution in [1.29, 1.82) is 0 Å². The molecular weight excluding hydrogens is 302 g/mol. The van der Waals surface area contributed by atoms with Crippen LogP contribution in [0, 0.1) is 17.0 Å². The number of hydroxylamine groups is 3. The van der Waals surface area contributed by atoms with Crippen molar-refractivity contribution in [3.05, 3.63) is 50.0 Å². The Labute approximate surface area is 132 Å². The lowest BCUT2D eigenvalue weighted by molar-refractivity contribution is -0.903. The van der Waals surface area contributed by atoms with Crippen LogP contribution in [0.5, 0.6) is 0 Å². The first-order valence-corrected chi connectivity index (χ1v) is 9.25. The topological polar surface area (TPSA) is 43.3 Å². The van der Waals surface area contributed by atoms with Gasteiger partial charge in [-0.1, -0.05) is 12.1 Å². The molecule has 0 aromatic carbocycles. The lowest BCUT2D eigenvalue weighted by Crippen LogP contribution is -2.62. The molecule has 3 saturated heterocycles. The number of quaternary nitrogens is 1. The third-order valence-electron chi connectivity index (χ3n) is 5.24. The highest BCUT2D eigenvalue weighted by Crippen LogP contribution is 2.50. The largest absolute Gasteiger partial charge is 0.633 e. The average Bonchev–Trinajstić information content (AvgIpc) is 3.20. The number of nitrogens with zero attached hydrogens (tertiary/aromatic N) is 1. The monoisotopic (exact) mass is 321 g/mol. The summed E-state index contributed by atoms with van der Waals surface area (Å²) in [5, 5.41) is 28.4. The number of thiophene rings is 2. The van der Waals surface area contributed by atoms with Gasteiger partial charge >= 0.3 is 0 Å². The molecular formula is C16H19NO2S2. The van der Waals surface area contributed by atoms with Gasteiger partial charge < -0.3 is 15.0 Å². The van der Waals surface area contributed by atoms with Crippen LogP contribution >= 0.6 is 22.7 Å². The first kappa shape index (κ1) is 13.9. The summed E-state index contributed by atoms with van der Waals surface area (Å²) < 4.78 is -0.111. The van der Waals surface area contributed by atoms with E-state index in [1.807, 2.05) is 35.0 Å². The van der Waals surface area contributed by atoms with E-state index in [0.717, 1.165) is 35.7 Å². The maximum Gasteiger partial charge on any atom is 0.141 e. The Kier molecular flexibility index (Phi) is 3.24. The third-order valence-corrected chi connectivity index (χ3v) is 7.23. The standard InChI is InChI=1S/C16H19NO2S2/c18-16(14-3-1-9-20-14,15-4-2-10-21-15)13-11-17(19)7-5-12(13)6-8-17/h1-4,9-10,12-13,18H,5-8,11H2. The molecule has 21 heavy (non-hydrogen) atoms. The van der Waals surface area contributed by atoms with Crippen LogP contribution in [0.4, 0.5) is 0 Å². The molecule has 1 atom stereocenters. The summed E-state index contributed by atoms with van der Waals surface area (Å²) in [5.74, 6) is 0.503. The van der Waals surface area contributed by atoms with E-state index in [-0.39, 0.29) is 10.6 Å². The Hall–Kier alpha value is -0.720. The van der Waals surface area contributed by atoms with E-state index in [1.165, 1.54) is 0 Å². The smallest absolute Gasteiger partial charge is 0.141 e. The van der Waals surface area contributed by atoms with Crippen LogP contribution in [0.1, 0.15) is 22.6 Å². The molecule has 3 nitrogen and oxygen atoms in total. The van der Waals surface area contributed by atoms with Crippen molar-refractivity contribution in [2.45, 2.75) is 18.4 Å². The predicted octanol–water partition coefficient (Wildman–Crippen LogP) is 3.40. The zero-order valence-corrected chi connectivity index (χ0v) is 13.4. The Morgan fingerprint density at radius 2 is 1.67 bits per heavy atom. The van der Waals surface area contributed by atoms with Gasteiger partial charge in [-0.15, -0.1) is 22.7 Å². The molecule has 2 aromatic heterocycles. The highest BCUT2D eigenvalue weighted by molar-refractivity contribution is 7.11. The summed E-state index contributed by atoms with van der Waals surface area (Å²) in [6.07, 6.45) is 1.90. The first-order valence-electron chi connectivity index (χ1n) is 7.49. The van der Waals surface area contributed by atoms with Gasteiger partial charge in [-0.3, -0.25) is 0 Å². The molecule has 112 valence electrons. The Morgan fingerprint density at radius 3 is 2.10 bits per heavy atom. The molecule has 1 unspecified atom stereocenters. The molecule has 0 spiro atoms. The molecule has 3 fully saturated rings. The summed E-state index contributed by atoms with van der Waals surface area (Å²) in [6, 6.07) is 8.00. The normalized spacial score (nSPS) is 32.5. The summed E-state index contributed by atoms with van der Waals surface area (Å²) in [5.41, 5.74) is -0.984. The van der Waals surface area contributed by atoms with Crippen LogP contribution in [-0.2, 0) is 5.60 Å². The van der Waals surface area contributed by atoms with Gasteiger partial charge in [0.1, 0.15) is 5.60 Å². The van der Waals surface area contributed by atoms with E-state index in [0.29, 0.717) is 12.5 Å². The fraction of sp³-hybridized carbons (Fsp3) is 0.500. The van der Waals surface area contributed by atoms with Crippen molar-refractivity contribution in [2.75, 3.05) is 19.6 Å². The minimum absolute atomic E-state index is 0.0369. The fourth-order valence-corrected chi connectivity index (χ4v) is 5.97. The van der Waals surface area contributed by atoms with Gasteiger partial charge in [0.25, 0.3) is 0 Å². The molecule has 5 heterocycles. The van der Waals surface area contributed by atoms with Crippen LogP contribution in [0.15, 0.2) is 35.0 Å². The minimum Gasteiger partial charge on any atom is -0.633 e. The lowest BCUT2D eigenvalue weighted by atomic mass is 9.69. The van der Waals surface area contributed by atoms with Crippen LogP contribution in [0.25, 0.3) is 0 Å². The van der Waals surface area contributed by atoms with Gasteiger partial charge in [0, 0.05) is 22.6 Å². The average molecular weight is 321 g/mol. The number of rotatable bonds is 3. The van der Waals surface area contributed by atoms with Crippen molar-refractivity contribution in [1.82, 2.24) is 0 Å². The second-order valence-corrected chi connectivity index (χ2v) is 8.25. The van der Waals surface area contributed by atoms with Crippen molar-refractivity contribution in [3.8, 4) is 0 Å². The maximum atomic E-state index is 12.8. The quantitative estimate of drug-likeness (QED) is 0.695. The molecule has 3 aliphatic heterocycles. The summed E-state index contributed by atoms with van der Waals surface area (Å²) in [4.78, 5) is 1.96. The molecule has 1 N–H and O–H groups in total. The summed E-state index contributed by atoms with van der Waals surface area (Å²) in [6.45, 7) is 2.01. The lowest BCUT2D eigenvalue weighted by Gasteiger charge is -2.58. The van der Waals surface area contributed by atoms with Crippen LogP contribution in [0.2, 0.25) is 0 Å². The van der Waals surface area contributed by atoms with Crippen LogP contribution < -0.4 is 0 Å². The molecule has 0 radical (unpaired) electrons. The highest BCUT2D eigenvalue weighted by atomic mass is 32.1. The molecule has 2 bridgehead atoms. The first-order chi connectivity index (χ1) is 10.1. The molecule has 5 heteroatoms. The van der Waals surface area contributed by atoms with Crippen LogP contribution in [-0.4, -0.2) is 29.4 Å². The van der Waals surface area contributed by atoms with Crippen molar-refractivity contribution in [3.63, 3.8) is 0 Å². The van der Waals surface area contributed by atoms with E-state index in [4.69, 9.17) is 0 Å². The van der Waals surface area contributed by atoms with Crippen molar-refractivity contribution in [2.24, 2.45) is 11.8 Å². The van der Waals surface area contributed by atoms with Gasteiger partial charge in [-0.05, 0) is 28.8 Å². The second-order valence-electron chi connectivity index (χ2n) is 6.35. The minimum atomic E-state index is -0.984. The van der Waals surface area contributed by atoms with Gasteiger partial charge in [-0.2, -0.15) is 0 Å². The van der Waals surface area contributed by atoms with E-state index in [9.17, 15) is 10.3 Å². The summed E-state index contributed by atoms with van der Waals surface area (Å²) in [7, 11) is 0. The van der Waals surface area contributed by atoms with Crippen molar-refractivity contribution >= 4 is 22.7 Å². The summed E-state index contributed by atoms with van der Waals surface area (Å²) >= 11 is 3.19. The Bertz CT molecular complexity index is 566. The van der Waals surface area contributed by atoms with E-state index in [1.54, 1.807) is 22.7 Å². The van der Waals surface area contributed by atoms with E-state index < -0.39 is 5.60 Å². The molecule has 0 amide bonds. The van der Waals surface area contributed by atoms with E-state index in [2.05, 4.69) is 0 Å². The zero-order valence-electron chi connectivity index (χ0n) is 11.8. The highest BCUT2D eigenvalue weighted by Gasteiger charge is 2.53. The van der Waals surface area contributed by atoms with Gasteiger partial charge in [0.2, 0.25) is 0 Å².